The predicted molar refractivity (Wildman–Crippen MR) is 77.9 cm³/mol. The van der Waals surface area contributed by atoms with Gasteiger partial charge in [0.1, 0.15) is 0 Å². The van der Waals surface area contributed by atoms with E-state index in [2.05, 4.69) is 0 Å². The number of sulfone groups is 1. The summed E-state index contributed by atoms with van der Waals surface area (Å²) in [5, 5.41) is 0. The summed E-state index contributed by atoms with van der Waals surface area (Å²) in [5.74, 6) is 0. The molecule has 1 atom stereocenters. The summed E-state index contributed by atoms with van der Waals surface area (Å²) >= 11 is 0. The highest BCUT2D eigenvalue weighted by atomic mass is 32.2. The summed E-state index contributed by atoms with van der Waals surface area (Å²) in [6.07, 6.45) is 1.71. The Balaban J connectivity index is 2.61. The van der Waals surface area contributed by atoms with E-state index in [1.807, 2.05) is 6.92 Å². The molecule has 0 aliphatic heterocycles. The van der Waals surface area contributed by atoms with Crippen LogP contribution in [0.2, 0.25) is 0 Å². The first-order valence-electron chi connectivity index (χ1n) is 6.18. The first-order valence-corrected chi connectivity index (χ1v) is 7.66. The van der Waals surface area contributed by atoms with Gasteiger partial charge in [-0.2, -0.15) is 0 Å². The standard InChI is InChI=1S/C16H15O3S/c1-13-8-10-15(11-9-13)20(18,19)16(2,12-17)14-6-4-3-5-7-14/h3-11H,1-2H3. The third kappa shape index (κ3) is 2.27. The van der Waals surface area contributed by atoms with Crippen LogP contribution in [0.5, 0.6) is 0 Å². The highest BCUT2D eigenvalue weighted by Gasteiger charge is 2.42. The van der Waals surface area contributed by atoms with Crippen molar-refractivity contribution in [3.63, 3.8) is 0 Å². The number of rotatable bonds is 4. The summed E-state index contributed by atoms with van der Waals surface area (Å²) in [7, 11) is -3.84. The van der Waals surface area contributed by atoms with Gasteiger partial charge in [0.25, 0.3) is 0 Å². The fourth-order valence-electron chi connectivity index (χ4n) is 1.98. The number of hydrogen-bond donors (Lipinski definition) is 0. The molecular formula is C16H15O3S. The Morgan fingerprint density at radius 2 is 1.50 bits per heavy atom. The molecule has 0 heterocycles. The van der Waals surface area contributed by atoms with Gasteiger partial charge < -0.3 is 0 Å². The van der Waals surface area contributed by atoms with E-state index < -0.39 is 14.6 Å². The molecule has 0 aliphatic carbocycles. The van der Waals surface area contributed by atoms with Crippen LogP contribution >= 0.6 is 0 Å². The highest BCUT2D eigenvalue weighted by Crippen LogP contribution is 2.33. The van der Waals surface area contributed by atoms with Gasteiger partial charge in [-0.15, -0.1) is 0 Å². The maximum absolute atomic E-state index is 12.7. The number of carbonyl (C=O) groups excluding carboxylic acids is 1. The zero-order valence-electron chi connectivity index (χ0n) is 11.3. The molecule has 1 unspecified atom stereocenters. The Morgan fingerprint density at radius 3 is 2.00 bits per heavy atom. The van der Waals surface area contributed by atoms with Gasteiger partial charge in [-0.3, -0.25) is 4.79 Å². The fourth-order valence-corrected chi connectivity index (χ4v) is 3.50. The van der Waals surface area contributed by atoms with Crippen molar-refractivity contribution in [3.05, 3.63) is 65.7 Å². The molecule has 0 bridgehead atoms. The molecule has 2 rings (SSSR count). The summed E-state index contributed by atoms with van der Waals surface area (Å²) in [6.45, 7) is 3.25. The van der Waals surface area contributed by atoms with Crippen molar-refractivity contribution >= 4 is 16.1 Å². The quantitative estimate of drug-likeness (QED) is 0.869. The Bertz CT molecular complexity index is 703. The van der Waals surface area contributed by atoms with Crippen molar-refractivity contribution in [2.45, 2.75) is 23.5 Å². The van der Waals surface area contributed by atoms with Crippen LogP contribution in [-0.2, 0) is 19.4 Å². The van der Waals surface area contributed by atoms with Crippen molar-refractivity contribution in [2.24, 2.45) is 0 Å². The molecule has 0 aliphatic rings. The van der Waals surface area contributed by atoms with Crippen LogP contribution < -0.4 is 0 Å². The van der Waals surface area contributed by atoms with Crippen molar-refractivity contribution in [1.82, 2.24) is 0 Å². The van der Waals surface area contributed by atoms with E-state index in [-0.39, 0.29) is 4.90 Å². The average molecular weight is 287 g/mol. The minimum Gasteiger partial charge on any atom is -0.289 e. The molecule has 0 fully saturated rings. The minimum atomic E-state index is -3.84. The van der Waals surface area contributed by atoms with E-state index in [0.29, 0.717) is 5.56 Å². The van der Waals surface area contributed by atoms with E-state index in [4.69, 9.17) is 0 Å². The normalized spacial score (nSPS) is 14.5. The summed E-state index contributed by atoms with van der Waals surface area (Å²) in [5.41, 5.74) is 1.37. The van der Waals surface area contributed by atoms with E-state index in [1.54, 1.807) is 48.8 Å². The average Bonchev–Trinajstić information content (AvgIpc) is 2.47. The highest BCUT2D eigenvalue weighted by molar-refractivity contribution is 7.93. The number of hydrogen-bond acceptors (Lipinski definition) is 3. The molecule has 4 heteroatoms. The molecule has 2 aromatic rings. The molecule has 103 valence electrons. The second-order valence-electron chi connectivity index (χ2n) is 4.82. The van der Waals surface area contributed by atoms with Crippen LogP contribution in [0, 0.1) is 6.92 Å². The van der Waals surface area contributed by atoms with Gasteiger partial charge >= 0.3 is 0 Å². The molecule has 1 radical (unpaired) electrons. The molecular weight excluding hydrogens is 272 g/mol. The van der Waals surface area contributed by atoms with Gasteiger partial charge in [-0.05, 0) is 31.5 Å². The lowest BCUT2D eigenvalue weighted by Crippen LogP contribution is -2.34. The third-order valence-corrected chi connectivity index (χ3v) is 5.67. The third-order valence-electron chi connectivity index (χ3n) is 3.39. The van der Waals surface area contributed by atoms with Crippen LogP contribution in [0.25, 0.3) is 0 Å². The van der Waals surface area contributed by atoms with Gasteiger partial charge in [0.2, 0.25) is 6.29 Å². The largest absolute Gasteiger partial charge is 0.289 e. The minimum absolute atomic E-state index is 0.123. The van der Waals surface area contributed by atoms with Crippen molar-refractivity contribution in [2.75, 3.05) is 0 Å². The first kappa shape index (κ1) is 14.5. The van der Waals surface area contributed by atoms with E-state index in [1.165, 1.54) is 19.1 Å². The van der Waals surface area contributed by atoms with Crippen LogP contribution in [0.3, 0.4) is 0 Å². The zero-order valence-corrected chi connectivity index (χ0v) is 12.1. The molecule has 0 amide bonds. The van der Waals surface area contributed by atoms with Gasteiger partial charge in [-0.25, -0.2) is 8.42 Å². The Kier molecular flexibility index (Phi) is 3.77. The number of aryl methyl sites for hydroxylation is 1. The molecule has 0 spiro atoms. The van der Waals surface area contributed by atoms with Crippen molar-refractivity contribution in [1.29, 1.82) is 0 Å². The monoisotopic (exact) mass is 287 g/mol. The van der Waals surface area contributed by atoms with Gasteiger partial charge in [-0.1, -0.05) is 48.0 Å². The molecule has 0 N–H and O–H groups in total. The molecule has 0 aromatic heterocycles. The van der Waals surface area contributed by atoms with Crippen molar-refractivity contribution < 1.29 is 13.2 Å². The van der Waals surface area contributed by atoms with Crippen LogP contribution in [0.1, 0.15) is 18.1 Å². The SMILES string of the molecule is Cc1ccc(S(=O)(=O)C(C)([C]=O)c2ccccc2)cc1. The molecule has 0 saturated carbocycles. The van der Waals surface area contributed by atoms with E-state index >= 15 is 0 Å². The summed E-state index contributed by atoms with van der Waals surface area (Å²) in [4.78, 5) is 11.5. The molecule has 2 aromatic carbocycles. The maximum Gasteiger partial charge on any atom is 0.226 e. The summed E-state index contributed by atoms with van der Waals surface area (Å²) in [6, 6.07) is 14.9. The Morgan fingerprint density at radius 1 is 0.950 bits per heavy atom. The van der Waals surface area contributed by atoms with Crippen LogP contribution in [0.4, 0.5) is 0 Å². The van der Waals surface area contributed by atoms with E-state index in [9.17, 15) is 13.2 Å². The topological polar surface area (TPSA) is 51.2 Å². The maximum atomic E-state index is 12.7. The lowest BCUT2D eigenvalue weighted by molar-refractivity contribution is 0.525. The summed E-state index contributed by atoms with van der Waals surface area (Å²) < 4.78 is 23.8. The Hall–Kier alpha value is -1.94. The van der Waals surface area contributed by atoms with Gasteiger partial charge in [0, 0.05) is 0 Å². The fraction of sp³-hybridized carbons (Fsp3) is 0.188. The van der Waals surface area contributed by atoms with Gasteiger partial charge in [0.15, 0.2) is 14.6 Å². The van der Waals surface area contributed by atoms with Crippen LogP contribution in [-0.4, -0.2) is 14.7 Å². The second kappa shape index (κ2) is 5.21. The number of benzene rings is 2. The Labute approximate surface area is 119 Å². The zero-order chi connectivity index (χ0) is 14.8. The molecule has 20 heavy (non-hydrogen) atoms. The molecule has 3 nitrogen and oxygen atoms in total. The smallest absolute Gasteiger partial charge is 0.226 e. The lowest BCUT2D eigenvalue weighted by atomic mass is 10.0. The van der Waals surface area contributed by atoms with Crippen molar-refractivity contribution in [3.8, 4) is 0 Å². The lowest BCUT2D eigenvalue weighted by Gasteiger charge is -2.23. The second-order valence-corrected chi connectivity index (χ2v) is 7.11. The first-order chi connectivity index (χ1) is 9.41. The molecule has 0 saturated heterocycles. The predicted octanol–water partition coefficient (Wildman–Crippen LogP) is 2.79. The van der Waals surface area contributed by atoms with Gasteiger partial charge in [0.05, 0.1) is 4.90 Å². The van der Waals surface area contributed by atoms with E-state index in [0.717, 1.165) is 5.56 Å². The van der Waals surface area contributed by atoms with Crippen LogP contribution in [0.15, 0.2) is 59.5 Å².